The summed E-state index contributed by atoms with van der Waals surface area (Å²) in [7, 11) is 0. The second kappa shape index (κ2) is 23.6. The van der Waals surface area contributed by atoms with E-state index in [-0.39, 0.29) is 32.1 Å². The zero-order chi connectivity index (χ0) is 71.5. The lowest BCUT2D eigenvalue weighted by molar-refractivity contribution is -0.398. The van der Waals surface area contributed by atoms with Crippen LogP contribution in [-0.2, 0) is 0 Å². The van der Waals surface area contributed by atoms with Gasteiger partial charge in [0.1, 0.15) is 0 Å². The third kappa shape index (κ3) is 13.5. The molecule has 532 valence electrons. The molecule has 4 aliphatic carbocycles. The Morgan fingerprint density at radius 3 is 0.696 bits per heavy atom. The zero-order valence-electron chi connectivity index (χ0n) is 45.6. The summed E-state index contributed by atoms with van der Waals surface area (Å²) < 4.78 is 516. The van der Waals surface area contributed by atoms with Crippen LogP contribution in [0.25, 0.3) is 0 Å². The number of hydrogen-bond acceptors (Lipinski definition) is 12. The normalized spacial score (nSPS) is 21.5. The maximum absolute atomic E-state index is 14.8. The van der Waals surface area contributed by atoms with E-state index in [4.69, 9.17) is 0 Å². The van der Waals surface area contributed by atoms with Gasteiger partial charge in [0, 0.05) is 24.2 Å². The lowest BCUT2D eigenvalue weighted by atomic mass is 9.49. The first-order chi connectivity index (χ1) is 40.7. The average Bonchev–Trinajstić information content (AvgIpc) is 0.707. The summed E-state index contributed by atoms with van der Waals surface area (Å²) in [5.74, 6) is -94.4. The van der Waals surface area contributed by atoms with Crippen LogP contribution in [0.1, 0.15) is 66.2 Å². The monoisotopic (exact) mass is 1430 g/mol. The molecule has 0 atom stereocenters. The molecule has 48 heteroatoms. The summed E-state index contributed by atoms with van der Waals surface area (Å²) in [6.07, 6.45) is -32.1. The summed E-state index contributed by atoms with van der Waals surface area (Å²) >= 11 is 0. The molecule has 2 aromatic rings. The minimum absolute atomic E-state index is 0.0177. The van der Waals surface area contributed by atoms with E-state index < -0.39 is 212 Å². The Bertz CT molecular complexity index is 2570. The molecule has 92 heavy (non-hydrogen) atoms. The van der Waals surface area contributed by atoms with E-state index in [9.17, 15) is 158 Å². The predicted molar refractivity (Wildman–Crippen MR) is 230 cm³/mol. The summed E-state index contributed by atoms with van der Waals surface area (Å²) in [6, 6.07) is -8.71. The van der Waals surface area contributed by atoms with Crippen molar-refractivity contribution in [2.24, 2.45) is 23.7 Å². The first kappa shape index (κ1) is 77.0. The standard InChI is InChI=1S/C44H40F36N8O4/c1-17(2)10-87(21-81-23(89-13-29(45,46)33(53,54)37(61,62)41(69,70)71)85-24(82-21)90-14-30(47,48)34(55,56)38(63,64)42(72,73)74)27-6-19-5-20(7-27)9-28(8-19,12-27)88(11-18(3)4)22-83-25(91-15-31(49,50)35(57,58)39(65,66)43(75,76)77)86-26(84-22)92-16-32(51,52)36(59,60)40(67,68)44(78,79)80/h17-20H,5-16H2,1-4H3. The highest BCUT2D eigenvalue weighted by atomic mass is 19.5. The number of nitrogens with zero attached hydrogens (tertiary/aromatic N) is 8. The molecule has 4 aliphatic rings. The van der Waals surface area contributed by atoms with Crippen LogP contribution < -0.4 is 28.7 Å². The highest BCUT2D eigenvalue weighted by Gasteiger charge is 2.85. The lowest BCUT2D eigenvalue weighted by Gasteiger charge is -2.67. The second-order valence-corrected chi connectivity index (χ2v) is 22.4. The minimum atomic E-state index is -7.66. The summed E-state index contributed by atoms with van der Waals surface area (Å²) in [5.41, 5.74) is -3.95. The molecule has 12 nitrogen and oxygen atoms in total. The van der Waals surface area contributed by atoms with E-state index in [0.29, 0.717) is 0 Å². The van der Waals surface area contributed by atoms with Crippen molar-refractivity contribution in [3.63, 3.8) is 0 Å². The van der Waals surface area contributed by atoms with Gasteiger partial charge in [0.05, 0.1) is 0 Å². The largest absolute Gasteiger partial charge is 0.460 e. The fourth-order valence-corrected chi connectivity index (χ4v) is 10.3. The molecule has 0 radical (unpaired) electrons. The van der Waals surface area contributed by atoms with Crippen molar-refractivity contribution in [1.82, 2.24) is 29.9 Å². The number of halogens is 36. The Kier molecular flexibility index (Phi) is 19.7. The predicted octanol–water partition coefficient (Wildman–Crippen LogP) is 15.2. The second-order valence-electron chi connectivity index (χ2n) is 22.4. The van der Waals surface area contributed by atoms with E-state index in [0.717, 1.165) is 9.80 Å². The average molecular weight is 1430 g/mol. The maximum Gasteiger partial charge on any atom is 0.460 e. The van der Waals surface area contributed by atoms with Crippen LogP contribution in [0.4, 0.5) is 170 Å². The Hall–Kier alpha value is -5.70. The van der Waals surface area contributed by atoms with E-state index in [1.807, 2.05) is 0 Å². The zero-order valence-corrected chi connectivity index (χ0v) is 45.6. The Morgan fingerprint density at radius 2 is 0.522 bits per heavy atom. The van der Waals surface area contributed by atoms with Crippen molar-refractivity contribution in [2.45, 2.75) is 173 Å². The van der Waals surface area contributed by atoms with Gasteiger partial charge in [-0.15, -0.1) is 9.97 Å². The molecule has 0 N–H and O–H groups in total. The summed E-state index contributed by atoms with van der Waals surface area (Å²) in [4.78, 5) is 21.1. The smallest absolute Gasteiger partial charge is 0.457 e. The molecule has 0 unspecified atom stereocenters. The van der Waals surface area contributed by atoms with Crippen LogP contribution in [0.2, 0.25) is 0 Å². The number of anilines is 2. The molecule has 2 heterocycles. The number of ether oxygens (including phenoxy) is 4. The molecule has 4 fully saturated rings. The molecule has 0 aliphatic heterocycles. The summed E-state index contributed by atoms with van der Waals surface area (Å²) in [5, 5.41) is 0. The van der Waals surface area contributed by atoms with Crippen LogP contribution in [0.3, 0.4) is 0 Å². The molecule has 4 saturated carbocycles. The molecule has 6 rings (SSSR count). The molecule has 2 aromatic heterocycles. The Balaban J connectivity index is 1.73. The van der Waals surface area contributed by atoms with Gasteiger partial charge >= 0.3 is 120 Å². The minimum Gasteiger partial charge on any atom is -0.457 e. The first-order valence-electron chi connectivity index (χ1n) is 25.1. The van der Waals surface area contributed by atoms with Crippen molar-refractivity contribution >= 4 is 11.9 Å². The number of rotatable bonds is 28. The fourth-order valence-electron chi connectivity index (χ4n) is 10.3. The van der Waals surface area contributed by atoms with Gasteiger partial charge in [-0.2, -0.15) is 178 Å². The van der Waals surface area contributed by atoms with Crippen molar-refractivity contribution in [2.75, 3.05) is 49.3 Å². The van der Waals surface area contributed by atoms with E-state index in [1.165, 1.54) is 27.7 Å². The number of hydrogen-bond donors (Lipinski definition) is 0. The maximum atomic E-state index is 14.8. The van der Waals surface area contributed by atoms with Crippen LogP contribution in [0.5, 0.6) is 24.0 Å². The van der Waals surface area contributed by atoms with E-state index >= 15 is 0 Å². The van der Waals surface area contributed by atoms with Crippen LogP contribution in [0.15, 0.2) is 0 Å². The molecular formula is C44H40F36N8O4. The van der Waals surface area contributed by atoms with Crippen molar-refractivity contribution in [3.8, 4) is 24.0 Å². The van der Waals surface area contributed by atoms with Gasteiger partial charge in [-0.3, -0.25) is 0 Å². The Labute approximate surface area is 489 Å². The molecule has 0 aromatic carbocycles. The SMILES string of the molecule is CC(C)CN(c1nc(OCC(F)(F)C(F)(F)C(F)(F)C(F)(F)F)nc(OCC(F)(F)C(F)(F)C(F)(F)C(F)(F)F)n1)C12CC3CC(C1)CC(N(CC(C)C)c1nc(OCC(F)(F)C(F)(F)C(F)(F)C(F)(F)F)nc(OCC(F)(F)C(F)(F)C(F)(F)C(F)(F)F)n1)(C3)C2. The first-order valence-corrected chi connectivity index (χ1v) is 25.1. The molecule has 4 bridgehead atoms. The number of alkyl halides is 36. The molecular weight excluding hydrogens is 1390 g/mol. The molecule has 0 amide bonds. The Morgan fingerprint density at radius 1 is 0.326 bits per heavy atom. The van der Waals surface area contributed by atoms with Crippen molar-refractivity contribution in [1.29, 1.82) is 0 Å². The number of aromatic nitrogens is 6. The third-order valence-corrected chi connectivity index (χ3v) is 14.3. The van der Waals surface area contributed by atoms with Gasteiger partial charge in [-0.25, -0.2) is 0 Å². The summed E-state index contributed by atoms with van der Waals surface area (Å²) in [6.45, 7) is -10.3. The van der Waals surface area contributed by atoms with Crippen molar-refractivity contribution < 1.29 is 177 Å². The lowest BCUT2D eigenvalue weighted by Crippen LogP contribution is -2.71. The van der Waals surface area contributed by atoms with Gasteiger partial charge in [0.15, 0.2) is 26.4 Å². The van der Waals surface area contributed by atoms with Crippen LogP contribution in [0, 0.1) is 23.7 Å². The van der Waals surface area contributed by atoms with Gasteiger partial charge in [0.2, 0.25) is 11.9 Å². The van der Waals surface area contributed by atoms with Gasteiger partial charge < -0.3 is 28.7 Å². The van der Waals surface area contributed by atoms with Gasteiger partial charge in [-0.1, -0.05) is 27.7 Å². The highest BCUT2D eigenvalue weighted by molar-refractivity contribution is 5.45. The van der Waals surface area contributed by atoms with Crippen LogP contribution in [-0.4, -0.2) is 176 Å². The van der Waals surface area contributed by atoms with Gasteiger partial charge in [0.25, 0.3) is 0 Å². The van der Waals surface area contributed by atoms with Gasteiger partial charge in [-0.05, 0) is 62.2 Å². The third-order valence-electron chi connectivity index (χ3n) is 14.3. The van der Waals surface area contributed by atoms with Crippen molar-refractivity contribution in [3.05, 3.63) is 0 Å². The van der Waals surface area contributed by atoms with E-state index in [2.05, 4.69) is 48.9 Å². The van der Waals surface area contributed by atoms with E-state index in [1.54, 1.807) is 0 Å². The highest BCUT2D eigenvalue weighted by Crippen LogP contribution is 2.63. The van der Waals surface area contributed by atoms with Crippen LogP contribution >= 0.6 is 0 Å². The quantitative estimate of drug-likeness (QED) is 0.0754. The molecule has 0 saturated heterocycles. The fraction of sp³-hybridized carbons (Fsp3) is 0.864. The topological polar surface area (TPSA) is 121 Å². The molecule has 0 spiro atoms.